The van der Waals surface area contributed by atoms with E-state index in [0.717, 1.165) is 55.9 Å². The highest BCUT2D eigenvalue weighted by Gasteiger charge is 2.49. The van der Waals surface area contributed by atoms with Gasteiger partial charge in [0.25, 0.3) is 0 Å². The zero-order valence-corrected chi connectivity index (χ0v) is 15.8. The Kier molecular flexibility index (Phi) is 7.22. The summed E-state index contributed by atoms with van der Waals surface area (Å²) in [5.74, 6) is 0.115. The van der Waals surface area contributed by atoms with Crippen molar-refractivity contribution in [3.8, 4) is 0 Å². The molecule has 1 unspecified atom stereocenters. The van der Waals surface area contributed by atoms with E-state index in [-0.39, 0.29) is 5.92 Å². The predicted molar refractivity (Wildman–Crippen MR) is 97.7 cm³/mol. The zero-order valence-electron chi connectivity index (χ0n) is 15.0. The highest BCUT2D eigenvalue weighted by molar-refractivity contribution is 7.38. The second-order valence-corrected chi connectivity index (χ2v) is 8.65. The Balaban J connectivity index is 0.000000465. The van der Waals surface area contributed by atoms with Crippen LogP contribution in [0.15, 0.2) is 24.3 Å². The summed E-state index contributed by atoms with van der Waals surface area (Å²) in [5.41, 5.74) is -3.11. The van der Waals surface area contributed by atoms with Gasteiger partial charge in [-0.25, -0.2) is 0 Å². The van der Waals surface area contributed by atoms with Crippen LogP contribution in [0.4, 0.5) is 30.4 Å². The molecule has 152 valence electrons. The molecule has 1 aliphatic rings. The molecule has 0 spiro atoms. The molecule has 1 heterocycles. The van der Waals surface area contributed by atoms with Crippen LogP contribution in [0.5, 0.6) is 0 Å². The molecule has 27 heavy (non-hydrogen) atoms. The average Bonchev–Trinajstić information content (AvgIpc) is 2.74. The molecule has 0 aliphatic heterocycles. The van der Waals surface area contributed by atoms with Crippen LogP contribution in [0, 0.1) is 0 Å². The summed E-state index contributed by atoms with van der Waals surface area (Å²) in [7, 11) is -7.71. The SMILES string of the molecule is CCc1cccc2c1cc(C1CCCCCC1)[s+]2C(F)(F)F.F[B-](F)(F)F. The van der Waals surface area contributed by atoms with Gasteiger partial charge in [0.2, 0.25) is 0 Å². The van der Waals surface area contributed by atoms with E-state index >= 15 is 0 Å². The molecule has 3 rings (SSSR count). The summed E-state index contributed by atoms with van der Waals surface area (Å²) in [5, 5.41) is 0.852. The Morgan fingerprint density at radius 3 is 2.04 bits per heavy atom. The molecule has 1 fully saturated rings. The maximum absolute atomic E-state index is 13.8. The second kappa shape index (κ2) is 8.84. The molecule has 0 nitrogen and oxygen atoms in total. The number of aryl methyl sites for hydroxylation is 1. The Morgan fingerprint density at radius 1 is 1.00 bits per heavy atom. The van der Waals surface area contributed by atoms with E-state index in [1.807, 2.05) is 19.1 Å². The summed E-state index contributed by atoms with van der Waals surface area (Å²) in [6, 6.07) is 7.32. The van der Waals surface area contributed by atoms with E-state index in [0.29, 0.717) is 9.58 Å². The smallest absolute Gasteiger partial charge is 0.418 e. The lowest BCUT2D eigenvalue weighted by Gasteiger charge is -2.10. The van der Waals surface area contributed by atoms with Gasteiger partial charge in [0.15, 0.2) is 9.58 Å². The van der Waals surface area contributed by atoms with Crippen LogP contribution in [0.25, 0.3) is 10.1 Å². The molecule has 0 bridgehead atoms. The van der Waals surface area contributed by atoms with E-state index in [1.54, 1.807) is 12.1 Å². The van der Waals surface area contributed by atoms with Crippen LogP contribution >= 0.6 is 10.5 Å². The summed E-state index contributed by atoms with van der Waals surface area (Å²) in [6.07, 6.45) is 7.07. The second-order valence-electron chi connectivity index (χ2n) is 6.66. The van der Waals surface area contributed by atoms with Crippen molar-refractivity contribution in [2.24, 2.45) is 0 Å². The predicted octanol–water partition coefficient (Wildman–Crippen LogP) is 8.37. The van der Waals surface area contributed by atoms with Gasteiger partial charge in [-0.1, -0.05) is 44.7 Å². The lowest BCUT2D eigenvalue weighted by atomic mass is 9.97. The molecule has 9 heteroatoms. The van der Waals surface area contributed by atoms with E-state index in [4.69, 9.17) is 0 Å². The minimum absolute atomic E-state index is 0.115. The number of fused-ring (bicyclic) bond motifs is 1. The van der Waals surface area contributed by atoms with Gasteiger partial charge < -0.3 is 17.3 Å². The monoisotopic (exact) mass is 414 g/mol. The molecule has 0 saturated heterocycles. The Labute approximate surface area is 156 Å². The van der Waals surface area contributed by atoms with E-state index in [9.17, 15) is 30.4 Å². The first-order valence-electron chi connectivity index (χ1n) is 9.04. The molecule has 1 aromatic heterocycles. The Hall–Kier alpha value is -1.25. The maximum Gasteiger partial charge on any atom is 0.673 e. The highest BCUT2D eigenvalue weighted by atomic mass is 32.2. The third-order valence-electron chi connectivity index (χ3n) is 4.77. The highest BCUT2D eigenvalue weighted by Crippen LogP contribution is 2.55. The fourth-order valence-corrected chi connectivity index (χ4v) is 5.87. The number of alkyl halides is 3. The molecule has 0 amide bonds. The first kappa shape index (κ1) is 22.0. The number of rotatable bonds is 2. The van der Waals surface area contributed by atoms with Gasteiger partial charge in [-0.05, 0) is 30.9 Å². The van der Waals surface area contributed by atoms with Crippen molar-refractivity contribution in [3.05, 3.63) is 34.7 Å². The van der Waals surface area contributed by atoms with Gasteiger partial charge in [-0.3, -0.25) is 0 Å². The number of benzene rings is 1. The van der Waals surface area contributed by atoms with Crippen LogP contribution in [-0.4, -0.2) is 7.25 Å². The largest absolute Gasteiger partial charge is 0.673 e. The summed E-state index contributed by atoms with van der Waals surface area (Å²) in [4.78, 5) is 0.658. The normalized spacial score (nSPS) is 17.4. The van der Waals surface area contributed by atoms with Crippen molar-refractivity contribution < 1.29 is 30.4 Å². The van der Waals surface area contributed by atoms with Gasteiger partial charge >= 0.3 is 12.8 Å². The fraction of sp³-hybridized carbons (Fsp3) is 0.556. The topological polar surface area (TPSA) is 0 Å². The lowest BCUT2D eigenvalue weighted by molar-refractivity contribution is -0.0868. The molecule has 0 N–H and O–H groups in total. The molecule has 1 aromatic carbocycles. The molecule has 1 aliphatic carbocycles. The molecule has 2 aromatic rings. The number of hydrogen-bond donors (Lipinski definition) is 0. The average molecular weight is 414 g/mol. The van der Waals surface area contributed by atoms with Gasteiger partial charge in [0.05, 0.1) is 10.5 Å². The van der Waals surface area contributed by atoms with Crippen molar-refractivity contribution in [1.82, 2.24) is 0 Å². The van der Waals surface area contributed by atoms with Crippen LogP contribution in [-0.2, 0) is 11.9 Å². The van der Waals surface area contributed by atoms with E-state index in [2.05, 4.69) is 0 Å². The Morgan fingerprint density at radius 2 is 1.56 bits per heavy atom. The van der Waals surface area contributed by atoms with E-state index < -0.39 is 23.2 Å². The van der Waals surface area contributed by atoms with Crippen molar-refractivity contribution in [2.45, 2.75) is 63.3 Å². The summed E-state index contributed by atoms with van der Waals surface area (Å²) in [6.45, 7) is 2.01. The summed E-state index contributed by atoms with van der Waals surface area (Å²) >= 11 is 0. The van der Waals surface area contributed by atoms with Crippen molar-refractivity contribution in [1.29, 1.82) is 0 Å². The van der Waals surface area contributed by atoms with Crippen molar-refractivity contribution in [2.75, 3.05) is 0 Å². The standard InChI is InChI=1S/C18H22F3S.BF4/c1-2-13-10-7-11-16-15(13)12-17(22(16)18(19,20)21)14-8-5-3-4-6-9-14;2-1(3,4)5/h7,10-12,14H,2-6,8-9H2,1H3;/q+1;-1. The van der Waals surface area contributed by atoms with Gasteiger partial charge in [0, 0.05) is 17.4 Å². The van der Waals surface area contributed by atoms with Crippen molar-refractivity contribution >= 4 is 27.8 Å². The third kappa shape index (κ3) is 6.12. The van der Waals surface area contributed by atoms with Gasteiger partial charge in [0.1, 0.15) is 0 Å². The minimum Gasteiger partial charge on any atom is -0.418 e. The number of halogens is 7. The minimum atomic E-state index is -6.00. The Bertz CT molecular complexity index is 734. The van der Waals surface area contributed by atoms with Crippen LogP contribution < -0.4 is 0 Å². The zero-order chi connectivity index (χ0) is 20.2. The quantitative estimate of drug-likeness (QED) is 0.200. The molecular weight excluding hydrogens is 392 g/mol. The molecule has 0 radical (unpaired) electrons. The molecular formula is C18H22BF7S. The van der Waals surface area contributed by atoms with Gasteiger partial charge in [-0.15, -0.1) is 13.2 Å². The first-order chi connectivity index (χ1) is 12.5. The first-order valence-corrected chi connectivity index (χ1v) is 10.3. The van der Waals surface area contributed by atoms with Crippen LogP contribution in [0.3, 0.4) is 0 Å². The van der Waals surface area contributed by atoms with E-state index in [1.165, 1.54) is 0 Å². The molecule has 1 atom stereocenters. The maximum atomic E-state index is 13.8. The van der Waals surface area contributed by atoms with Crippen LogP contribution in [0.1, 0.15) is 61.8 Å². The van der Waals surface area contributed by atoms with Gasteiger partial charge in [-0.2, -0.15) is 0 Å². The number of thiophene rings is 1. The third-order valence-corrected chi connectivity index (χ3v) is 6.95. The summed E-state index contributed by atoms with van der Waals surface area (Å²) < 4.78 is 80.8. The van der Waals surface area contributed by atoms with Crippen molar-refractivity contribution in [3.63, 3.8) is 0 Å². The molecule has 1 saturated carbocycles. The number of hydrogen-bond acceptors (Lipinski definition) is 0. The lowest BCUT2D eigenvalue weighted by Crippen LogP contribution is -2.02. The fourth-order valence-electron chi connectivity index (χ4n) is 3.67. The van der Waals surface area contributed by atoms with Crippen LogP contribution in [0.2, 0.25) is 0 Å².